The fourth-order valence-corrected chi connectivity index (χ4v) is 6.29. The molecule has 0 aromatic heterocycles. The second kappa shape index (κ2) is 12.9. The zero-order valence-electron chi connectivity index (χ0n) is 23.8. The monoisotopic (exact) mass is 647 g/mol. The van der Waals surface area contributed by atoms with Gasteiger partial charge in [-0.3, -0.25) is 9.59 Å². The van der Waals surface area contributed by atoms with E-state index in [0.717, 1.165) is 26.7 Å². The molecular weight excluding hydrogens is 614 g/mol. The minimum atomic E-state index is -1.34. The first-order valence-corrected chi connectivity index (χ1v) is 15.3. The average Bonchev–Trinajstić information content (AvgIpc) is 3.39. The maximum Gasteiger partial charge on any atom is 0.256 e. The number of nitrogens with zero attached hydrogens (tertiary/aromatic N) is 3. The van der Waals surface area contributed by atoms with Crippen LogP contribution in [0.1, 0.15) is 34.8 Å². The van der Waals surface area contributed by atoms with Crippen molar-refractivity contribution in [2.45, 2.75) is 31.0 Å². The Bertz CT molecular complexity index is 1510. The van der Waals surface area contributed by atoms with E-state index in [4.69, 9.17) is 24.3 Å². The highest BCUT2D eigenvalue weighted by Gasteiger charge is 2.57. The van der Waals surface area contributed by atoms with Crippen LogP contribution in [0, 0.1) is 0 Å². The first-order chi connectivity index (χ1) is 21.0. The summed E-state index contributed by atoms with van der Waals surface area (Å²) in [7, 11) is 0. The highest BCUT2D eigenvalue weighted by atomic mass is 79.9. The van der Waals surface area contributed by atoms with Gasteiger partial charge in [0.2, 0.25) is 11.8 Å². The lowest BCUT2D eigenvalue weighted by atomic mass is 9.81. The summed E-state index contributed by atoms with van der Waals surface area (Å²) in [4.78, 5) is 36.8. The van der Waals surface area contributed by atoms with Crippen molar-refractivity contribution in [3.63, 3.8) is 0 Å². The van der Waals surface area contributed by atoms with Crippen LogP contribution in [-0.4, -0.2) is 84.2 Å². The minimum Gasteiger partial charge on any atom is -0.494 e. The number of benzene rings is 3. The number of fused-ring (bicyclic) bond motifs is 3. The Balaban J connectivity index is 1.41. The van der Waals surface area contributed by atoms with Crippen molar-refractivity contribution in [3.8, 4) is 5.75 Å². The Hall–Kier alpha value is -3.73. The minimum absolute atomic E-state index is 0.0532. The smallest absolute Gasteiger partial charge is 0.256 e. The zero-order valence-corrected chi connectivity index (χ0v) is 25.4. The number of rotatable bonds is 9. The van der Waals surface area contributed by atoms with Crippen LogP contribution in [0.15, 0.2) is 82.3 Å². The van der Waals surface area contributed by atoms with Crippen molar-refractivity contribution < 1.29 is 28.9 Å². The quantitative estimate of drug-likeness (QED) is 0.354. The topological polar surface area (TPSA) is 101 Å². The molecule has 2 atom stereocenters. The number of aliphatic hydroxyl groups excluding tert-OH is 1. The molecular formula is C33H34BrN3O6. The number of hydrogen-bond donors (Lipinski definition) is 1. The summed E-state index contributed by atoms with van der Waals surface area (Å²) in [6, 6.07) is 23.1. The summed E-state index contributed by atoms with van der Waals surface area (Å²) >= 11 is 3.67. The van der Waals surface area contributed by atoms with E-state index in [0.29, 0.717) is 51.0 Å². The summed E-state index contributed by atoms with van der Waals surface area (Å²) in [6.07, 6.45) is 0.130. The van der Waals surface area contributed by atoms with Crippen LogP contribution in [0.2, 0.25) is 0 Å². The first kappa shape index (κ1) is 29.3. The van der Waals surface area contributed by atoms with E-state index in [1.165, 1.54) is 0 Å². The predicted octanol–water partition coefficient (Wildman–Crippen LogP) is 3.91. The molecule has 10 heteroatoms. The number of hydrogen-bond acceptors (Lipinski definition) is 7. The molecule has 3 aromatic carbocycles. The van der Waals surface area contributed by atoms with Crippen LogP contribution < -0.4 is 4.74 Å². The molecule has 0 saturated carbocycles. The molecule has 224 valence electrons. The van der Waals surface area contributed by atoms with Crippen LogP contribution in [0.25, 0.3) is 0 Å². The molecule has 0 unspecified atom stereocenters. The second-order valence-electron chi connectivity index (χ2n) is 10.9. The summed E-state index contributed by atoms with van der Waals surface area (Å²) in [5.41, 5.74) is 2.10. The van der Waals surface area contributed by atoms with Crippen molar-refractivity contribution in [1.82, 2.24) is 9.80 Å². The number of morpholine rings is 1. The summed E-state index contributed by atoms with van der Waals surface area (Å²) in [5, 5.41) is 9.05. The van der Waals surface area contributed by atoms with Gasteiger partial charge in [0.1, 0.15) is 12.3 Å². The van der Waals surface area contributed by atoms with Gasteiger partial charge in [-0.1, -0.05) is 58.4 Å². The number of carbonyl (C=O) groups is 2. The molecule has 0 radical (unpaired) electrons. The molecule has 9 nitrogen and oxygen atoms in total. The molecule has 0 bridgehead atoms. The number of halogens is 1. The Kier molecular flexibility index (Phi) is 8.78. The summed E-state index contributed by atoms with van der Waals surface area (Å²) in [5.74, 6) is 0.680. The van der Waals surface area contributed by atoms with Gasteiger partial charge in [-0.15, -0.1) is 0 Å². The second-order valence-corrected chi connectivity index (χ2v) is 11.8. The lowest BCUT2D eigenvalue weighted by Gasteiger charge is -2.34. The molecule has 3 aromatic rings. The van der Waals surface area contributed by atoms with Crippen LogP contribution in [-0.2, 0) is 32.0 Å². The number of amides is 2. The van der Waals surface area contributed by atoms with Gasteiger partial charge < -0.3 is 29.1 Å². The zero-order chi connectivity index (χ0) is 29.8. The highest BCUT2D eigenvalue weighted by molar-refractivity contribution is 9.10. The third-order valence-electron chi connectivity index (χ3n) is 8.10. The van der Waals surface area contributed by atoms with E-state index in [1.54, 1.807) is 9.80 Å². The average molecular weight is 649 g/mol. The van der Waals surface area contributed by atoms with Crippen LogP contribution in [0.5, 0.6) is 5.75 Å². The lowest BCUT2D eigenvalue weighted by Crippen LogP contribution is -2.53. The van der Waals surface area contributed by atoms with Gasteiger partial charge in [0.25, 0.3) is 5.91 Å². The van der Waals surface area contributed by atoms with E-state index < -0.39 is 11.6 Å². The third-order valence-corrected chi connectivity index (χ3v) is 8.87. The normalized spacial score (nSPS) is 21.4. The van der Waals surface area contributed by atoms with E-state index in [1.807, 2.05) is 72.8 Å². The van der Waals surface area contributed by atoms with Gasteiger partial charge in [-0.25, -0.2) is 4.99 Å². The van der Waals surface area contributed by atoms with E-state index >= 15 is 0 Å². The van der Waals surface area contributed by atoms with E-state index in [2.05, 4.69) is 15.9 Å². The maximum atomic E-state index is 14.8. The van der Waals surface area contributed by atoms with Crippen LogP contribution in [0.4, 0.5) is 0 Å². The van der Waals surface area contributed by atoms with Gasteiger partial charge in [0, 0.05) is 54.7 Å². The lowest BCUT2D eigenvalue weighted by molar-refractivity contribution is -0.147. The van der Waals surface area contributed by atoms with Crippen LogP contribution in [0.3, 0.4) is 0 Å². The van der Waals surface area contributed by atoms with Crippen molar-refractivity contribution in [3.05, 3.63) is 99.5 Å². The van der Waals surface area contributed by atoms with Gasteiger partial charge in [-0.2, -0.15) is 0 Å². The Labute approximate surface area is 259 Å². The molecule has 0 spiro atoms. The Morgan fingerprint density at radius 1 is 1.05 bits per heavy atom. The van der Waals surface area contributed by atoms with Gasteiger partial charge in [-0.05, 0) is 41.5 Å². The molecule has 6 rings (SSSR count). The van der Waals surface area contributed by atoms with Gasteiger partial charge >= 0.3 is 0 Å². The molecule has 3 heterocycles. The van der Waals surface area contributed by atoms with Crippen molar-refractivity contribution in [2.24, 2.45) is 4.99 Å². The van der Waals surface area contributed by atoms with Crippen molar-refractivity contribution in [2.75, 3.05) is 46.1 Å². The fourth-order valence-electron chi connectivity index (χ4n) is 5.87. The van der Waals surface area contributed by atoms with Gasteiger partial charge in [0.15, 0.2) is 11.6 Å². The highest BCUT2D eigenvalue weighted by Crippen LogP contribution is 2.47. The summed E-state index contributed by atoms with van der Waals surface area (Å²) in [6.45, 7) is 2.70. The van der Waals surface area contributed by atoms with Crippen molar-refractivity contribution >= 4 is 33.6 Å². The molecule has 1 N–H and O–H groups in total. The molecule has 3 aliphatic rings. The molecule has 0 aliphatic carbocycles. The molecule has 2 amide bonds. The Morgan fingerprint density at radius 3 is 2.56 bits per heavy atom. The van der Waals surface area contributed by atoms with E-state index in [9.17, 15) is 9.59 Å². The third kappa shape index (κ3) is 6.04. The molecule has 1 saturated heterocycles. The van der Waals surface area contributed by atoms with Crippen LogP contribution >= 0.6 is 15.9 Å². The SMILES string of the molecule is O=C(CN1Cc2ccccc2[C@@H]2OC(c3ccc(OCCCO)cc3)=N[C@]2(Cc2ccccc2Br)C1=O)N1CCOCC1. The maximum absolute atomic E-state index is 14.8. The Morgan fingerprint density at radius 2 is 1.79 bits per heavy atom. The molecule has 1 fully saturated rings. The number of carbonyl (C=O) groups excluding carboxylic acids is 2. The van der Waals surface area contributed by atoms with E-state index in [-0.39, 0.29) is 37.9 Å². The fraction of sp³-hybridized carbons (Fsp3) is 0.364. The van der Waals surface area contributed by atoms with Crippen molar-refractivity contribution in [1.29, 1.82) is 0 Å². The number of aliphatic imine (C=N–C) groups is 1. The standard InChI is InChI=1S/C33H34BrN3O6/c34-28-9-4-2-6-24(28)20-33-30(43-31(35-33)23-10-12-26(13-11-23)42-17-5-16-38)27-8-3-1-7-25(27)21-37(32(33)40)22-29(39)36-14-18-41-19-15-36/h1-4,6-13,30,38H,5,14-22H2/t30-,33-/m0/s1. The summed E-state index contributed by atoms with van der Waals surface area (Å²) < 4.78 is 18.7. The number of ether oxygens (including phenoxy) is 3. The molecule has 3 aliphatic heterocycles. The molecule has 43 heavy (non-hydrogen) atoms. The predicted molar refractivity (Wildman–Crippen MR) is 164 cm³/mol. The number of aliphatic hydroxyl groups is 1. The van der Waals surface area contributed by atoms with Gasteiger partial charge in [0.05, 0.1) is 19.8 Å². The first-order valence-electron chi connectivity index (χ1n) is 14.6. The largest absolute Gasteiger partial charge is 0.494 e.